The summed E-state index contributed by atoms with van der Waals surface area (Å²) in [5.41, 5.74) is 11.7. The molecule has 0 bridgehead atoms. The lowest BCUT2D eigenvalue weighted by Crippen LogP contribution is -2.08. The summed E-state index contributed by atoms with van der Waals surface area (Å²) in [7, 11) is 1.78. The minimum Gasteiger partial charge on any atom is -0.491 e. The maximum absolute atomic E-state index is 14.5. The second kappa shape index (κ2) is 17.2. The summed E-state index contributed by atoms with van der Waals surface area (Å²) in [5, 5.41) is 32.8. The predicted octanol–water partition coefficient (Wildman–Crippen LogP) is 7.39. The van der Waals surface area contributed by atoms with Crippen molar-refractivity contribution in [3.8, 4) is 17.6 Å². The molecule has 0 saturated heterocycles. The number of fused-ring (bicyclic) bond motifs is 1. The minimum atomic E-state index is -1.16. The van der Waals surface area contributed by atoms with Gasteiger partial charge in [-0.2, -0.15) is 0 Å². The Morgan fingerprint density at radius 2 is 1.86 bits per heavy atom. The molecule has 5 rings (SSSR count). The fraction of sp³-hybridized carbons (Fsp3) is 0.303. The van der Waals surface area contributed by atoms with Crippen LogP contribution >= 0.6 is 22.7 Å². The Balaban J connectivity index is 1.29. The summed E-state index contributed by atoms with van der Waals surface area (Å²) in [5.74, 6) is 5.19. The van der Waals surface area contributed by atoms with Crippen LogP contribution in [0.3, 0.4) is 0 Å². The van der Waals surface area contributed by atoms with Crippen LogP contribution in [-0.2, 0) is 12.8 Å². The number of aryl methyl sites for hydroxylation is 1. The first-order valence-corrected chi connectivity index (χ1v) is 17.0. The number of unbranched alkanes of at least 4 members (excludes halogenated alkanes) is 1. The molecule has 5 aromatic rings. The van der Waals surface area contributed by atoms with Crippen molar-refractivity contribution in [3.63, 3.8) is 0 Å². The Morgan fingerprint density at radius 3 is 2.63 bits per heavy atom. The molecule has 13 nitrogen and oxygen atoms in total. The molecule has 0 aliphatic heterocycles. The van der Waals surface area contributed by atoms with Crippen molar-refractivity contribution in [2.45, 2.75) is 39.0 Å². The van der Waals surface area contributed by atoms with Crippen molar-refractivity contribution >= 4 is 60.8 Å². The Labute approximate surface area is 289 Å². The zero-order chi connectivity index (χ0) is 34.6. The third-order valence-electron chi connectivity index (χ3n) is 7.22. The second-order valence-corrected chi connectivity index (χ2v) is 12.8. The summed E-state index contributed by atoms with van der Waals surface area (Å²) >= 11 is 2.71. The second-order valence-electron chi connectivity index (χ2n) is 10.7. The first-order valence-electron chi connectivity index (χ1n) is 15.4. The van der Waals surface area contributed by atoms with Gasteiger partial charge in [0.05, 0.1) is 23.4 Å². The van der Waals surface area contributed by atoms with Gasteiger partial charge in [0.1, 0.15) is 0 Å². The van der Waals surface area contributed by atoms with Gasteiger partial charge in [-0.3, -0.25) is 0 Å². The predicted molar refractivity (Wildman–Crippen MR) is 190 cm³/mol. The molecule has 49 heavy (non-hydrogen) atoms. The molecule has 4 N–H and O–H groups in total. The molecule has 252 valence electrons. The number of aromatic nitrogens is 4. The first-order chi connectivity index (χ1) is 23.9. The fourth-order valence-corrected chi connectivity index (χ4v) is 6.68. The number of para-hydroxylation sites is 1. The molecule has 0 atom stereocenters. The van der Waals surface area contributed by atoms with Gasteiger partial charge < -0.3 is 25.8 Å². The highest BCUT2D eigenvalue weighted by molar-refractivity contribution is 7.22. The third kappa shape index (κ3) is 9.40. The van der Waals surface area contributed by atoms with Crippen LogP contribution in [0.2, 0.25) is 0 Å². The molecule has 0 saturated carbocycles. The summed E-state index contributed by atoms with van der Waals surface area (Å²) in [6, 6.07) is 12.4. The average molecular weight is 701 g/mol. The van der Waals surface area contributed by atoms with Crippen LogP contribution < -0.4 is 20.7 Å². The summed E-state index contributed by atoms with van der Waals surface area (Å²) < 4.78 is 21.2. The van der Waals surface area contributed by atoms with E-state index in [1.807, 2.05) is 31.2 Å². The molecule has 0 amide bonds. The van der Waals surface area contributed by atoms with Gasteiger partial charge in [-0.1, -0.05) is 40.4 Å². The molecule has 0 radical (unpaired) electrons. The molecule has 2 aromatic carbocycles. The van der Waals surface area contributed by atoms with Crippen LogP contribution in [-0.4, -0.2) is 58.0 Å². The van der Waals surface area contributed by atoms with Gasteiger partial charge in [0, 0.05) is 33.0 Å². The van der Waals surface area contributed by atoms with Crippen molar-refractivity contribution in [2.24, 2.45) is 5.11 Å². The molecule has 3 heterocycles. The molecule has 16 heteroatoms. The lowest BCUT2D eigenvalue weighted by atomic mass is 10.0. The topological polar surface area (TPSA) is 183 Å². The SMILES string of the molecule is CNCC#Cc1ccc(OCCCc2sc(Nc3nnc(Nc4nc5ccccc5s4)c(C)c3CCCCN=[N+]=[N-])nc2C(=O)O)c(F)c1. The molecular formula is C33H33FN10O3S2. The number of azide groups is 1. The molecular weight excluding hydrogens is 668 g/mol. The van der Waals surface area contributed by atoms with Crippen molar-refractivity contribution in [3.05, 3.63) is 86.0 Å². The largest absolute Gasteiger partial charge is 0.491 e. The number of thiazole rings is 2. The zero-order valence-electron chi connectivity index (χ0n) is 26.8. The number of nitrogens with zero attached hydrogens (tertiary/aromatic N) is 7. The monoisotopic (exact) mass is 700 g/mol. The smallest absolute Gasteiger partial charge is 0.355 e. The van der Waals surface area contributed by atoms with E-state index in [-0.39, 0.29) is 18.1 Å². The molecule has 0 spiro atoms. The number of carboxylic acid groups (broad SMARTS) is 1. The van der Waals surface area contributed by atoms with E-state index in [4.69, 9.17) is 10.3 Å². The maximum atomic E-state index is 14.5. The third-order valence-corrected chi connectivity index (χ3v) is 9.20. The highest BCUT2D eigenvalue weighted by atomic mass is 32.1. The van der Waals surface area contributed by atoms with E-state index >= 15 is 0 Å². The highest BCUT2D eigenvalue weighted by Gasteiger charge is 2.20. The van der Waals surface area contributed by atoms with Crippen LogP contribution in [0.5, 0.6) is 5.75 Å². The number of halogens is 1. The summed E-state index contributed by atoms with van der Waals surface area (Å²) in [6.07, 6.45) is 2.79. The average Bonchev–Trinajstić information content (AvgIpc) is 3.70. The van der Waals surface area contributed by atoms with Crippen molar-refractivity contribution in [2.75, 3.05) is 37.4 Å². The van der Waals surface area contributed by atoms with E-state index in [9.17, 15) is 14.3 Å². The maximum Gasteiger partial charge on any atom is 0.355 e. The van der Waals surface area contributed by atoms with Crippen molar-refractivity contribution in [1.29, 1.82) is 0 Å². The Bertz CT molecular complexity index is 2020. The highest BCUT2D eigenvalue weighted by Crippen LogP contribution is 2.33. The van der Waals surface area contributed by atoms with E-state index in [2.05, 4.69) is 58.0 Å². The van der Waals surface area contributed by atoms with Gasteiger partial charge in [-0.15, -0.1) is 21.5 Å². The zero-order valence-corrected chi connectivity index (χ0v) is 28.4. The van der Waals surface area contributed by atoms with E-state index in [0.717, 1.165) is 27.8 Å². The number of ether oxygens (including phenoxy) is 1. The number of benzene rings is 2. The number of hydrogen-bond donors (Lipinski definition) is 4. The van der Waals surface area contributed by atoms with Crippen molar-refractivity contribution in [1.82, 2.24) is 25.5 Å². The van der Waals surface area contributed by atoms with Crippen molar-refractivity contribution < 1.29 is 19.0 Å². The first kappa shape index (κ1) is 35.0. The Kier molecular flexibility index (Phi) is 12.3. The van der Waals surface area contributed by atoms with Crippen LogP contribution in [0.15, 0.2) is 47.6 Å². The van der Waals surface area contributed by atoms with E-state index in [0.29, 0.717) is 71.1 Å². The van der Waals surface area contributed by atoms with E-state index < -0.39 is 11.8 Å². The van der Waals surface area contributed by atoms with Gasteiger partial charge in [0.15, 0.2) is 39.2 Å². The summed E-state index contributed by atoms with van der Waals surface area (Å²) in [6.45, 7) is 2.98. The summed E-state index contributed by atoms with van der Waals surface area (Å²) in [4.78, 5) is 24.4. The van der Waals surface area contributed by atoms with Crippen LogP contribution in [0.1, 0.15) is 51.3 Å². The standard InChI is InChI=1S/C33H33FN10O3S2/c1-20-22(10-5-6-17-37-44-35)30(43-42-29(20)40-32-38-24-11-3-4-12-26(24)48-32)41-33-39-28(31(45)46)27(49-33)13-8-18-47-25-15-14-21(19-23(25)34)9-7-16-36-2/h3-4,11-12,14-15,19,36H,5-6,8,10,13,16-18H2,1-2H3,(H,45,46)(H,38,40,42)(H,39,41,43). The molecule has 3 aromatic heterocycles. The van der Waals surface area contributed by atoms with Gasteiger partial charge in [0.25, 0.3) is 0 Å². The molecule has 0 unspecified atom stereocenters. The van der Waals surface area contributed by atoms with E-state index in [1.165, 1.54) is 34.8 Å². The minimum absolute atomic E-state index is 0.0714. The van der Waals surface area contributed by atoms with Gasteiger partial charge in [-0.05, 0) is 81.9 Å². The van der Waals surface area contributed by atoms with Gasteiger partial charge >= 0.3 is 5.97 Å². The number of nitrogens with one attached hydrogen (secondary N) is 3. The number of anilines is 4. The van der Waals surface area contributed by atoms with E-state index in [1.54, 1.807) is 13.1 Å². The number of carbonyl (C=O) groups is 1. The quantitative estimate of drug-likeness (QED) is 0.0266. The molecule has 0 fully saturated rings. The number of hydrogen-bond acceptors (Lipinski definition) is 12. The fourth-order valence-electron chi connectivity index (χ4n) is 4.83. The Morgan fingerprint density at radius 1 is 1.06 bits per heavy atom. The number of rotatable bonds is 16. The number of carboxylic acids is 1. The van der Waals surface area contributed by atoms with Gasteiger partial charge in [0.2, 0.25) is 0 Å². The Hall–Kier alpha value is -5.33. The lowest BCUT2D eigenvalue weighted by Gasteiger charge is -2.14. The molecule has 0 aliphatic carbocycles. The lowest BCUT2D eigenvalue weighted by molar-refractivity contribution is 0.0690. The normalized spacial score (nSPS) is 10.7. The van der Waals surface area contributed by atoms with Crippen LogP contribution in [0.4, 0.5) is 26.3 Å². The number of aromatic carboxylic acids is 1. The van der Waals surface area contributed by atoms with Crippen LogP contribution in [0.25, 0.3) is 20.7 Å². The molecule has 0 aliphatic rings. The van der Waals surface area contributed by atoms with Crippen LogP contribution in [0, 0.1) is 24.6 Å². The van der Waals surface area contributed by atoms with Gasteiger partial charge in [-0.25, -0.2) is 19.2 Å².